The number of hydrogen-bond acceptors (Lipinski definition) is 17. The van der Waals surface area contributed by atoms with Gasteiger partial charge in [0, 0.05) is 24.6 Å². The molecule has 0 aromatic rings. The molecule has 1 aliphatic heterocycles. The number of carbonyl (C=O) groups is 10. The number of aliphatic hydroxyl groups excluding tert-OH is 1. The van der Waals surface area contributed by atoms with Gasteiger partial charge < -0.3 is 92.9 Å². The van der Waals surface area contributed by atoms with Gasteiger partial charge in [-0.15, -0.1) is 0 Å². The second-order valence-electron chi connectivity index (χ2n) is 15.0. The number of amides is 9. The van der Waals surface area contributed by atoms with Crippen molar-refractivity contribution in [1.82, 2.24) is 42.5 Å². The molecule has 9 amide bonds. The molecule has 1 heterocycles. The van der Waals surface area contributed by atoms with E-state index in [1.165, 1.54) is 0 Å². The molecule has 1 saturated heterocycles. The van der Waals surface area contributed by atoms with Gasteiger partial charge in [0.25, 0.3) is 0 Å². The van der Waals surface area contributed by atoms with E-state index in [9.17, 15) is 58.2 Å². The molecule has 0 spiro atoms. The molecule has 0 saturated carbocycles. The zero-order chi connectivity index (χ0) is 50.6. The number of primary amides is 1. The molecule has 24 N–H and O–H groups in total. The Hall–Kier alpha value is -6.18. The number of unbranched alkanes of at least 4 members (excludes halogenated alkanes) is 1. The van der Waals surface area contributed by atoms with E-state index in [2.05, 4.69) is 52.5 Å². The fourth-order valence-corrected chi connectivity index (χ4v) is 8.03. The van der Waals surface area contributed by atoms with Crippen molar-refractivity contribution < 1.29 is 58.2 Å². The standard InChI is InChI=1S/C36H65N17O12S2/c1-17(54)27-33(63)52-19(7-4-10-44-35(40)41)29(59)47-14-26(57)49-23(34(64)65)16-67-66-15-18(38)28(58)46-13-25(56)48-22(12-24(39)55)32(62)51-20(6-2-3-9-37)30(60)50-21(31(61)53-27)8-5-11-45-36(42)43/h17-23,27,54H,2-16,37-38H2,1H3,(H2,39,55)(H,46,58)(H,47,59)(H,48,56)(H,49,57)(H,50,60)(H,51,62)(H,52,63)(H,53,61)(H,64,65)(H4,40,41,44)(H4,42,43,45)/t17-,18+,19?,20+,21?,22?,23?,27+/m1/s1. The number of aliphatic imine (C=N–C) groups is 2. The lowest BCUT2D eigenvalue weighted by Crippen LogP contribution is -2.61. The predicted molar refractivity (Wildman–Crippen MR) is 246 cm³/mol. The molecule has 0 bridgehead atoms. The maximum atomic E-state index is 13.9. The summed E-state index contributed by atoms with van der Waals surface area (Å²) in [5, 5.41) is 39.3. The van der Waals surface area contributed by atoms with Gasteiger partial charge in [-0.1, -0.05) is 21.6 Å². The number of nitrogens with zero attached hydrogens (tertiary/aromatic N) is 2. The molecule has 0 aliphatic carbocycles. The number of aliphatic carboxylic acids is 1. The van der Waals surface area contributed by atoms with Crippen molar-refractivity contribution >= 4 is 92.6 Å². The van der Waals surface area contributed by atoms with Gasteiger partial charge in [0.15, 0.2) is 11.9 Å². The fraction of sp³-hybridized carbons (Fsp3) is 0.667. The van der Waals surface area contributed by atoms with Crippen LogP contribution in [0.3, 0.4) is 0 Å². The summed E-state index contributed by atoms with van der Waals surface area (Å²) in [5.41, 5.74) is 38.6. The van der Waals surface area contributed by atoms with Crippen molar-refractivity contribution in [3.63, 3.8) is 0 Å². The largest absolute Gasteiger partial charge is 0.480 e. The Balaban J connectivity index is 3.71. The van der Waals surface area contributed by atoms with Gasteiger partial charge in [0.1, 0.15) is 36.3 Å². The zero-order valence-corrected chi connectivity index (χ0v) is 38.6. The minimum atomic E-state index is -1.78. The minimum absolute atomic E-state index is 0.0000806. The normalized spacial score (nSPS) is 24.4. The number of nitrogens with one attached hydrogen (secondary N) is 8. The van der Waals surface area contributed by atoms with E-state index in [0.717, 1.165) is 28.5 Å². The number of hydrogen-bond donors (Lipinski definition) is 17. The first-order chi connectivity index (χ1) is 31.5. The lowest BCUT2D eigenvalue weighted by atomic mass is 10.0. The van der Waals surface area contributed by atoms with Gasteiger partial charge in [0.05, 0.1) is 31.7 Å². The van der Waals surface area contributed by atoms with Crippen molar-refractivity contribution in [3.05, 3.63) is 0 Å². The van der Waals surface area contributed by atoms with E-state index >= 15 is 0 Å². The van der Waals surface area contributed by atoms with Crippen LogP contribution in [0, 0.1) is 0 Å². The Morgan fingerprint density at radius 1 is 0.627 bits per heavy atom. The molecule has 67 heavy (non-hydrogen) atoms. The van der Waals surface area contributed by atoms with Gasteiger partial charge >= 0.3 is 5.97 Å². The summed E-state index contributed by atoms with van der Waals surface area (Å²) in [4.78, 5) is 139. The summed E-state index contributed by atoms with van der Waals surface area (Å²) in [7, 11) is 1.90. The molecule has 378 valence electrons. The molecule has 0 radical (unpaired) electrons. The van der Waals surface area contributed by atoms with Crippen molar-refractivity contribution in [3.8, 4) is 0 Å². The Labute approximate surface area is 393 Å². The van der Waals surface area contributed by atoms with Crippen LogP contribution < -0.4 is 82.7 Å². The molecule has 31 heteroatoms. The van der Waals surface area contributed by atoms with Crippen LogP contribution in [0.15, 0.2) is 9.98 Å². The van der Waals surface area contributed by atoms with Gasteiger partial charge in [0.2, 0.25) is 53.2 Å². The Morgan fingerprint density at radius 2 is 1.09 bits per heavy atom. The monoisotopic (exact) mass is 991 g/mol. The number of carbonyl (C=O) groups excluding carboxylic acids is 9. The fourth-order valence-electron chi connectivity index (χ4n) is 5.75. The average Bonchev–Trinajstić information content (AvgIpc) is 3.25. The van der Waals surface area contributed by atoms with Crippen LogP contribution in [0.1, 0.15) is 58.3 Å². The summed E-state index contributed by atoms with van der Waals surface area (Å²) in [6.07, 6.45) is -1.95. The smallest absolute Gasteiger partial charge is 0.327 e. The SMILES string of the molecule is C[C@@H](O)[C@@H]1NC(=O)C(CCCN=C(N)N)NC(=O)[C@H](CCCCN)NC(=O)C(CC(N)=O)NC(=O)CNC(=O)[C@@H](N)CSSCC(C(=O)O)NC(=O)CNC(=O)C(CCCN=C(N)N)NC1=O. The van der Waals surface area contributed by atoms with Crippen LogP contribution >= 0.6 is 21.6 Å². The van der Waals surface area contributed by atoms with E-state index in [0.29, 0.717) is 6.42 Å². The van der Waals surface area contributed by atoms with Crippen molar-refractivity contribution in [1.29, 1.82) is 0 Å². The van der Waals surface area contributed by atoms with Gasteiger partial charge in [-0.2, -0.15) is 0 Å². The summed E-state index contributed by atoms with van der Waals surface area (Å²) < 4.78 is 0. The molecular formula is C36H65N17O12S2. The summed E-state index contributed by atoms with van der Waals surface area (Å²) in [6.45, 7) is -0.148. The predicted octanol–water partition coefficient (Wildman–Crippen LogP) is -8.57. The Bertz CT molecular complexity index is 1790. The minimum Gasteiger partial charge on any atom is -0.480 e. The van der Waals surface area contributed by atoms with E-state index in [1.54, 1.807) is 0 Å². The second kappa shape index (κ2) is 31.7. The van der Waals surface area contributed by atoms with Crippen LogP contribution in [0.25, 0.3) is 0 Å². The maximum Gasteiger partial charge on any atom is 0.327 e. The molecule has 8 atom stereocenters. The first-order valence-corrected chi connectivity index (χ1v) is 23.4. The van der Waals surface area contributed by atoms with Crippen molar-refractivity contribution in [2.45, 2.75) is 107 Å². The number of rotatable bonds is 16. The van der Waals surface area contributed by atoms with Gasteiger partial charge in [-0.25, -0.2) is 4.79 Å². The number of nitrogens with two attached hydrogens (primary N) is 7. The van der Waals surface area contributed by atoms with Gasteiger partial charge in [-0.3, -0.25) is 53.1 Å². The number of carboxylic acid groups (broad SMARTS) is 1. The van der Waals surface area contributed by atoms with Crippen LogP contribution in [-0.2, 0) is 47.9 Å². The van der Waals surface area contributed by atoms with Crippen molar-refractivity contribution in [2.24, 2.45) is 50.1 Å². The van der Waals surface area contributed by atoms with Crippen LogP contribution in [0.2, 0.25) is 0 Å². The summed E-state index contributed by atoms with van der Waals surface area (Å²) in [6, 6.07) is -10.5. The number of guanidine groups is 2. The van der Waals surface area contributed by atoms with E-state index in [4.69, 9.17) is 40.1 Å². The van der Waals surface area contributed by atoms with E-state index in [-0.39, 0.29) is 81.6 Å². The molecule has 1 aliphatic rings. The zero-order valence-electron chi connectivity index (χ0n) is 37.0. The highest BCUT2D eigenvalue weighted by Crippen LogP contribution is 2.22. The molecule has 0 aromatic heterocycles. The third-order valence-corrected chi connectivity index (χ3v) is 11.7. The third kappa shape index (κ3) is 24.8. The lowest BCUT2D eigenvalue weighted by molar-refractivity contribution is -0.141. The molecule has 0 aromatic carbocycles. The first kappa shape index (κ1) is 58.8. The lowest BCUT2D eigenvalue weighted by Gasteiger charge is -2.28. The summed E-state index contributed by atoms with van der Waals surface area (Å²) in [5.74, 6) is -11.1. The molecular weight excluding hydrogens is 927 g/mol. The van der Waals surface area contributed by atoms with Gasteiger partial charge in [-0.05, 0) is 58.4 Å². The van der Waals surface area contributed by atoms with Crippen LogP contribution in [0.5, 0.6) is 0 Å². The highest BCUT2D eigenvalue weighted by Gasteiger charge is 2.35. The highest BCUT2D eigenvalue weighted by atomic mass is 33.1. The van der Waals surface area contributed by atoms with E-state index < -0.39 is 127 Å². The Kier molecular flexibility index (Phi) is 27.8. The third-order valence-electron chi connectivity index (χ3n) is 9.24. The Morgan fingerprint density at radius 3 is 1.60 bits per heavy atom. The van der Waals surface area contributed by atoms with Crippen LogP contribution in [-0.4, -0.2) is 174 Å². The molecule has 4 unspecified atom stereocenters. The first-order valence-electron chi connectivity index (χ1n) is 20.9. The molecule has 1 fully saturated rings. The second-order valence-corrected chi connectivity index (χ2v) is 17.5. The highest BCUT2D eigenvalue weighted by molar-refractivity contribution is 8.76. The van der Waals surface area contributed by atoms with Crippen LogP contribution in [0.4, 0.5) is 0 Å². The van der Waals surface area contributed by atoms with Crippen molar-refractivity contribution in [2.75, 3.05) is 44.2 Å². The average molecular weight is 992 g/mol. The number of carboxylic acids is 1. The topological polar surface area (TPSA) is 514 Å². The van der Waals surface area contributed by atoms with E-state index in [1.807, 2.05) is 0 Å². The molecule has 1 rings (SSSR count). The quantitative estimate of drug-likeness (QED) is 0.0295. The number of aliphatic hydroxyl groups is 1. The molecule has 29 nitrogen and oxygen atoms in total. The summed E-state index contributed by atoms with van der Waals surface area (Å²) >= 11 is 0. The maximum absolute atomic E-state index is 13.9.